The van der Waals surface area contributed by atoms with Crippen LogP contribution in [0.1, 0.15) is 123 Å². The Morgan fingerprint density at radius 2 is 1.74 bits per heavy atom. The van der Waals surface area contributed by atoms with Crippen LogP contribution in [0.25, 0.3) is 0 Å². The van der Waals surface area contributed by atoms with Crippen LogP contribution in [0.5, 0.6) is 0 Å². The van der Waals surface area contributed by atoms with Gasteiger partial charge in [-0.2, -0.15) is 0 Å². The molecule has 4 aliphatic carbocycles. The maximum Gasteiger partial charge on any atom is 0.338 e. The molecule has 0 saturated heterocycles. The van der Waals surface area contributed by atoms with Crippen LogP contribution in [0.3, 0.4) is 0 Å². The summed E-state index contributed by atoms with van der Waals surface area (Å²) in [7, 11) is 0. The van der Waals surface area contributed by atoms with Crippen molar-refractivity contribution >= 4 is 5.97 Å². The Kier molecular flexibility index (Phi) is 8.19. The van der Waals surface area contributed by atoms with Gasteiger partial charge in [-0.1, -0.05) is 84.2 Å². The molecule has 0 heterocycles. The summed E-state index contributed by atoms with van der Waals surface area (Å²) < 4.78 is 6.02. The van der Waals surface area contributed by atoms with Crippen molar-refractivity contribution < 1.29 is 9.53 Å². The first kappa shape index (κ1) is 28.0. The summed E-state index contributed by atoms with van der Waals surface area (Å²) in [6, 6.07) is 9.50. The van der Waals surface area contributed by atoms with Crippen LogP contribution < -0.4 is 0 Å². The zero-order chi connectivity index (χ0) is 27.1. The van der Waals surface area contributed by atoms with Gasteiger partial charge >= 0.3 is 5.97 Å². The van der Waals surface area contributed by atoms with Crippen molar-refractivity contribution in [2.45, 2.75) is 118 Å². The molecule has 4 aliphatic rings. The van der Waals surface area contributed by atoms with Crippen LogP contribution in [0.2, 0.25) is 0 Å². The SMILES string of the molecule is CC[C@H](CC[C@H](C)[C@@H]1CC[C@@H]2[C@H]3CC=C4C[C@@H](OC(=O)c5ccccc5)CC[C@]4(C)[C@@H]3CC[C@@]21C)C(C)C. The number of hydrogen-bond donors (Lipinski definition) is 0. The number of esters is 1. The van der Waals surface area contributed by atoms with Crippen molar-refractivity contribution in [3.8, 4) is 0 Å². The van der Waals surface area contributed by atoms with Crippen LogP contribution in [-0.2, 0) is 4.74 Å². The highest BCUT2D eigenvalue weighted by atomic mass is 16.5. The molecule has 0 spiro atoms. The van der Waals surface area contributed by atoms with E-state index in [9.17, 15) is 4.79 Å². The van der Waals surface area contributed by atoms with Gasteiger partial charge in [0.05, 0.1) is 5.56 Å². The molecule has 0 aromatic heterocycles. The minimum absolute atomic E-state index is 0.0296. The third-order valence-corrected chi connectivity index (χ3v) is 12.6. The second kappa shape index (κ2) is 11.1. The van der Waals surface area contributed by atoms with Crippen molar-refractivity contribution in [2.24, 2.45) is 52.3 Å². The highest BCUT2D eigenvalue weighted by Crippen LogP contribution is 2.67. The third-order valence-electron chi connectivity index (χ3n) is 12.6. The lowest BCUT2D eigenvalue weighted by Crippen LogP contribution is -2.51. The Morgan fingerprint density at radius 3 is 2.45 bits per heavy atom. The summed E-state index contributed by atoms with van der Waals surface area (Å²) in [6.07, 6.45) is 16.9. The minimum atomic E-state index is -0.160. The third kappa shape index (κ3) is 5.03. The van der Waals surface area contributed by atoms with Crippen LogP contribution in [0.15, 0.2) is 42.0 Å². The number of carbonyl (C=O) groups excluding carboxylic acids is 1. The Labute approximate surface area is 233 Å². The summed E-state index contributed by atoms with van der Waals surface area (Å²) in [5.74, 6) is 5.86. The molecule has 2 nitrogen and oxygen atoms in total. The number of fused-ring (bicyclic) bond motifs is 5. The molecular weight excluding hydrogens is 464 g/mol. The van der Waals surface area contributed by atoms with Crippen molar-refractivity contribution in [1.82, 2.24) is 0 Å². The molecule has 0 bridgehead atoms. The fourth-order valence-electron chi connectivity index (χ4n) is 10.2. The van der Waals surface area contributed by atoms with E-state index in [1.807, 2.05) is 30.3 Å². The van der Waals surface area contributed by atoms with E-state index in [4.69, 9.17) is 4.74 Å². The number of benzene rings is 1. The highest BCUT2D eigenvalue weighted by Gasteiger charge is 2.59. The summed E-state index contributed by atoms with van der Waals surface area (Å²) in [5.41, 5.74) is 3.10. The first-order valence-corrected chi connectivity index (χ1v) is 16.1. The van der Waals surface area contributed by atoms with E-state index < -0.39 is 0 Å². The predicted octanol–water partition coefficient (Wildman–Crippen LogP) is 9.89. The van der Waals surface area contributed by atoms with Crippen molar-refractivity contribution in [2.75, 3.05) is 0 Å². The van der Waals surface area contributed by atoms with Crippen LogP contribution in [0, 0.1) is 52.3 Å². The van der Waals surface area contributed by atoms with Gasteiger partial charge in [0.2, 0.25) is 0 Å². The molecule has 210 valence electrons. The summed E-state index contributed by atoms with van der Waals surface area (Å²) in [5, 5.41) is 0. The Morgan fingerprint density at radius 1 is 0.974 bits per heavy atom. The summed E-state index contributed by atoms with van der Waals surface area (Å²) >= 11 is 0. The van der Waals surface area contributed by atoms with E-state index in [-0.39, 0.29) is 12.1 Å². The maximum absolute atomic E-state index is 12.7. The van der Waals surface area contributed by atoms with Gasteiger partial charge in [-0.3, -0.25) is 0 Å². The zero-order valence-corrected chi connectivity index (χ0v) is 25.2. The van der Waals surface area contributed by atoms with E-state index in [1.165, 1.54) is 57.8 Å². The van der Waals surface area contributed by atoms with E-state index in [1.54, 1.807) is 5.57 Å². The van der Waals surface area contributed by atoms with E-state index >= 15 is 0 Å². The Hall–Kier alpha value is -1.57. The monoisotopic (exact) mass is 518 g/mol. The van der Waals surface area contributed by atoms with Crippen molar-refractivity contribution in [3.63, 3.8) is 0 Å². The first-order chi connectivity index (χ1) is 18.2. The second-order valence-electron chi connectivity index (χ2n) is 14.6. The zero-order valence-electron chi connectivity index (χ0n) is 25.2. The average molecular weight is 519 g/mol. The molecule has 0 amide bonds. The molecule has 9 atom stereocenters. The predicted molar refractivity (Wildman–Crippen MR) is 158 cm³/mol. The molecule has 5 rings (SSSR count). The fourth-order valence-corrected chi connectivity index (χ4v) is 10.2. The standard InChI is InChI=1S/C36H54O2/c1-7-26(24(2)3)14-13-25(4)31-17-18-32-30-16-15-28-23-29(38-34(37)27-11-9-8-10-12-27)19-21-35(28,5)33(30)20-22-36(31,32)6/h8-12,15,24-26,29-33H,7,13-14,16-23H2,1-6H3/t25-,26+,29-,30+,31-,32+,33+,35-,36+/m0/s1. The lowest BCUT2D eigenvalue weighted by molar-refractivity contribution is -0.0596. The van der Waals surface area contributed by atoms with Crippen molar-refractivity contribution in [1.29, 1.82) is 0 Å². The van der Waals surface area contributed by atoms with Gasteiger partial charge in [0, 0.05) is 6.42 Å². The quantitative estimate of drug-likeness (QED) is 0.253. The van der Waals surface area contributed by atoms with Gasteiger partial charge < -0.3 is 4.74 Å². The van der Waals surface area contributed by atoms with Crippen LogP contribution in [0.4, 0.5) is 0 Å². The summed E-state index contributed by atoms with van der Waals surface area (Å²) in [4.78, 5) is 12.7. The molecule has 0 N–H and O–H groups in total. The van der Waals surface area contributed by atoms with Gasteiger partial charge in [-0.15, -0.1) is 0 Å². The summed E-state index contributed by atoms with van der Waals surface area (Å²) in [6.45, 7) is 15.1. The minimum Gasteiger partial charge on any atom is -0.458 e. The number of carbonyl (C=O) groups is 1. The molecule has 3 saturated carbocycles. The van der Waals surface area contributed by atoms with E-state index in [0.29, 0.717) is 16.4 Å². The topological polar surface area (TPSA) is 26.3 Å². The molecule has 38 heavy (non-hydrogen) atoms. The molecule has 1 aromatic carbocycles. The van der Waals surface area contributed by atoms with Gasteiger partial charge in [0.15, 0.2) is 0 Å². The Bertz CT molecular complexity index is 994. The lowest BCUT2D eigenvalue weighted by Gasteiger charge is -2.58. The van der Waals surface area contributed by atoms with Gasteiger partial charge in [0.1, 0.15) is 6.10 Å². The number of hydrogen-bond acceptors (Lipinski definition) is 2. The maximum atomic E-state index is 12.7. The fraction of sp³-hybridized carbons (Fsp3) is 0.750. The largest absolute Gasteiger partial charge is 0.458 e. The highest BCUT2D eigenvalue weighted by molar-refractivity contribution is 5.89. The van der Waals surface area contributed by atoms with Gasteiger partial charge in [0.25, 0.3) is 0 Å². The Balaban J connectivity index is 1.25. The average Bonchev–Trinajstić information content (AvgIpc) is 3.26. The lowest BCUT2D eigenvalue weighted by atomic mass is 9.47. The first-order valence-electron chi connectivity index (χ1n) is 16.1. The van der Waals surface area contributed by atoms with E-state index in [2.05, 4.69) is 47.6 Å². The second-order valence-corrected chi connectivity index (χ2v) is 14.6. The van der Waals surface area contributed by atoms with Crippen LogP contribution >= 0.6 is 0 Å². The molecule has 3 fully saturated rings. The molecule has 1 aromatic rings. The molecule has 0 unspecified atom stereocenters. The van der Waals surface area contributed by atoms with E-state index in [0.717, 1.165) is 54.3 Å². The number of rotatable bonds is 8. The van der Waals surface area contributed by atoms with Crippen molar-refractivity contribution in [3.05, 3.63) is 47.5 Å². The van der Waals surface area contributed by atoms with Gasteiger partial charge in [-0.25, -0.2) is 4.79 Å². The molecule has 2 heteroatoms. The normalized spacial score (nSPS) is 38.0. The molecular formula is C36H54O2. The van der Waals surface area contributed by atoms with Crippen LogP contribution in [-0.4, -0.2) is 12.1 Å². The number of allylic oxidation sites excluding steroid dienone is 1. The smallest absolute Gasteiger partial charge is 0.338 e. The molecule has 0 radical (unpaired) electrons. The molecule has 0 aliphatic heterocycles. The number of ether oxygens (including phenoxy) is 1. The van der Waals surface area contributed by atoms with Gasteiger partial charge in [-0.05, 0) is 116 Å².